The maximum Gasteiger partial charge on any atom is 0.223 e. The molecule has 3 nitrogen and oxygen atoms in total. The van der Waals surface area contributed by atoms with Crippen molar-refractivity contribution in [2.45, 2.75) is 25.8 Å². The Morgan fingerprint density at radius 2 is 2.00 bits per heavy atom. The van der Waals surface area contributed by atoms with E-state index in [4.69, 9.17) is 4.42 Å². The molecule has 4 heteroatoms. The molecule has 24 heavy (non-hydrogen) atoms. The van der Waals surface area contributed by atoms with Crippen LogP contribution in [0.15, 0.2) is 58.3 Å². The molecule has 0 aliphatic carbocycles. The SMILES string of the molecule is O=C(CCc1ccc(-c2ccccc2)o1)N1CCc2sccc2C1. The third-order valence-corrected chi connectivity index (χ3v) is 5.49. The minimum Gasteiger partial charge on any atom is -0.461 e. The fraction of sp³-hybridized carbons (Fsp3) is 0.250. The van der Waals surface area contributed by atoms with Crippen molar-refractivity contribution in [2.24, 2.45) is 0 Å². The Morgan fingerprint density at radius 3 is 2.88 bits per heavy atom. The lowest BCUT2D eigenvalue weighted by Crippen LogP contribution is -2.35. The van der Waals surface area contributed by atoms with Crippen LogP contribution in [0.1, 0.15) is 22.6 Å². The van der Waals surface area contributed by atoms with Crippen molar-refractivity contribution in [1.82, 2.24) is 4.90 Å². The number of aryl methyl sites for hydroxylation is 1. The fourth-order valence-electron chi connectivity index (χ4n) is 3.12. The normalized spacial score (nSPS) is 13.8. The number of furan rings is 1. The molecule has 1 amide bonds. The van der Waals surface area contributed by atoms with Crippen molar-refractivity contribution in [3.8, 4) is 11.3 Å². The summed E-state index contributed by atoms with van der Waals surface area (Å²) < 4.78 is 5.88. The predicted octanol–water partition coefficient (Wildman–Crippen LogP) is 4.53. The lowest BCUT2D eigenvalue weighted by atomic mass is 10.1. The highest BCUT2D eigenvalue weighted by molar-refractivity contribution is 7.10. The summed E-state index contributed by atoms with van der Waals surface area (Å²) in [7, 11) is 0. The Labute approximate surface area is 145 Å². The zero-order valence-corrected chi connectivity index (χ0v) is 14.2. The van der Waals surface area contributed by atoms with E-state index in [1.807, 2.05) is 47.4 Å². The maximum atomic E-state index is 12.5. The number of nitrogens with zero attached hydrogens (tertiary/aromatic N) is 1. The summed E-state index contributed by atoms with van der Waals surface area (Å²) in [6, 6.07) is 16.1. The molecular formula is C20H19NO2S. The number of thiophene rings is 1. The molecule has 3 aromatic rings. The molecule has 0 atom stereocenters. The van der Waals surface area contributed by atoms with Crippen molar-refractivity contribution < 1.29 is 9.21 Å². The summed E-state index contributed by atoms with van der Waals surface area (Å²) in [5.74, 6) is 1.94. The van der Waals surface area contributed by atoms with E-state index in [0.717, 1.165) is 36.6 Å². The quantitative estimate of drug-likeness (QED) is 0.701. The van der Waals surface area contributed by atoms with E-state index in [1.165, 1.54) is 10.4 Å². The van der Waals surface area contributed by atoms with Gasteiger partial charge in [0.15, 0.2) is 0 Å². The number of rotatable bonds is 4. The number of amides is 1. The van der Waals surface area contributed by atoms with E-state index in [9.17, 15) is 4.79 Å². The van der Waals surface area contributed by atoms with Crippen molar-refractivity contribution in [1.29, 1.82) is 0 Å². The van der Waals surface area contributed by atoms with E-state index >= 15 is 0 Å². The second-order valence-corrected chi connectivity index (χ2v) is 7.07. The van der Waals surface area contributed by atoms with Crippen LogP contribution in [0.2, 0.25) is 0 Å². The van der Waals surface area contributed by atoms with Crippen LogP contribution in [0.4, 0.5) is 0 Å². The molecule has 4 rings (SSSR count). The van der Waals surface area contributed by atoms with Crippen LogP contribution in [0.5, 0.6) is 0 Å². The molecule has 122 valence electrons. The highest BCUT2D eigenvalue weighted by atomic mass is 32.1. The van der Waals surface area contributed by atoms with Gasteiger partial charge in [-0.2, -0.15) is 0 Å². The molecule has 1 aromatic carbocycles. The number of hydrogen-bond acceptors (Lipinski definition) is 3. The maximum absolute atomic E-state index is 12.5. The monoisotopic (exact) mass is 337 g/mol. The largest absolute Gasteiger partial charge is 0.461 e. The van der Waals surface area contributed by atoms with Crippen LogP contribution in [-0.4, -0.2) is 17.4 Å². The van der Waals surface area contributed by atoms with Crippen LogP contribution in [-0.2, 0) is 24.2 Å². The first kappa shape index (κ1) is 15.2. The molecule has 1 aliphatic heterocycles. The van der Waals surface area contributed by atoms with Crippen LogP contribution in [0.25, 0.3) is 11.3 Å². The topological polar surface area (TPSA) is 33.5 Å². The lowest BCUT2D eigenvalue weighted by Gasteiger charge is -2.27. The summed E-state index contributed by atoms with van der Waals surface area (Å²) in [5.41, 5.74) is 2.38. The van der Waals surface area contributed by atoms with Crippen LogP contribution >= 0.6 is 11.3 Å². The minimum absolute atomic E-state index is 0.213. The molecule has 0 bridgehead atoms. The highest BCUT2D eigenvalue weighted by Gasteiger charge is 2.21. The van der Waals surface area contributed by atoms with Crippen LogP contribution in [0, 0.1) is 0 Å². The Hall–Kier alpha value is -2.33. The van der Waals surface area contributed by atoms with Gasteiger partial charge in [0, 0.05) is 36.4 Å². The fourth-order valence-corrected chi connectivity index (χ4v) is 4.01. The molecule has 0 spiro atoms. The summed E-state index contributed by atoms with van der Waals surface area (Å²) in [4.78, 5) is 15.9. The van der Waals surface area contributed by atoms with Gasteiger partial charge in [0.05, 0.1) is 0 Å². The van der Waals surface area contributed by atoms with Crippen molar-refractivity contribution in [3.63, 3.8) is 0 Å². The van der Waals surface area contributed by atoms with Gasteiger partial charge in [0.2, 0.25) is 5.91 Å². The molecule has 0 unspecified atom stereocenters. The van der Waals surface area contributed by atoms with Gasteiger partial charge in [-0.1, -0.05) is 30.3 Å². The minimum atomic E-state index is 0.213. The van der Waals surface area contributed by atoms with Gasteiger partial charge >= 0.3 is 0 Å². The van der Waals surface area contributed by atoms with Crippen molar-refractivity contribution in [2.75, 3.05) is 6.54 Å². The van der Waals surface area contributed by atoms with Gasteiger partial charge < -0.3 is 9.32 Å². The van der Waals surface area contributed by atoms with Gasteiger partial charge in [-0.3, -0.25) is 4.79 Å². The van der Waals surface area contributed by atoms with Crippen LogP contribution in [0.3, 0.4) is 0 Å². The summed E-state index contributed by atoms with van der Waals surface area (Å²) >= 11 is 1.80. The summed E-state index contributed by atoms with van der Waals surface area (Å²) in [6.07, 6.45) is 2.14. The van der Waals surface area contributed by atoms with Gasteiger partial charge in [0.1, 0.15) is 11.5 Å². The molecule has 0 saturated heterocycles. The first-order valence-corrected chi connectivity index (χ1v) is 9.15. The Morgan fingerprint density at radius 1 is 1.12 bits per heavy atom. The Kier molecular flexibility index (Phi) is 4.22. The summed E-state index contributed by atoms with van der Waals surface area (Å²) in [6.45, 7) is 1.59. The van der Waals surface area contributed by atoms with E-state index in [-0.39, 0.29) is 5.91 Å². The van der Waals surface area contributed by atoms with Gasteiger partial charge in [-0.05, 0) is 35.6 Å². The summed E-state index contributed by atoms with van der Waals surface area (Å²) in [5, 5.41) is 2.12. The first-order valence-electron chi connectivity index (χ1n) is 8.27. The Bertz CT molecular complexity index is 834. The third kappa shape index (κ3) is 3.15. The number of benzene rings is 1. The van der Waals surface area contributed by atoms with Gasteiger partial charge in [-0.25, -0.2) is 0 Å². The molecule has 1 aliphatic rings. The van der Waals surface area contributed by atoms with Crippen molar-refractivity contribution >= 4 is 17.2 Å². The Balaban J connectivity index is 1.36. The molecule has 0 saturated carbocycles. The van der Waals surface area contributed by atoms with Crippen LogP contribution < -0.4 is 0 Å². The smallest absolute Gasteiger partial charge is 0.223 e. The van der Waals surface area contributed by atoms with E-state index in [2.05, 4.69) is 11.4 Å². The lowest BCUT2D eigenvalue weighted by molar-refractivity contribution is -0.132. The van der Waals surface area contributed by atoms with Gasteiger partial charge in [0.25, 0.3) is 0 Å². The molecule has 0 fully saturated rings. The van der Waals surface area contributed by atoms with E-state index in [1.54, 1.807) is 11.3 Å². The van der Waals surface area contributed by atoms with E-state index < -0.39 is 0 Å². The van der Waals surface area contributed by atoms with Crippen molar-refractivity contribution in [3.05, 3.63) is 70.1 Å². The van der Waals surface area contributed by atoms with Gasteiger partial charge in [-0.15, -0.1) is 11.3 Å². The zero-order chi connectivity index (χ0) is 16.4. The first-order chi connectivity index (χ1) is 11.8. The molecule has 0 radical (unpaired) electrons. The number of carbonyl (C=O) groups is 1. The number of carbonyl (C=O) groups excluding carboxylic acids is 1. The average molecular weight is 337 g/mol. The second kappa shape index (κ2) is 6.65. The molecule has 3 heterocycles. The highest BCUT2D eigenvalue weighted by Crippen LogP contribution is 2.25. The number of fused-ring (bicyclic) bond motifs is 1. The predicted molar refractivity (Wildman–Crippen MR) is 95.9 cm³/mol. The zero-order valence-electron chi connectivity index (χ0n) is 13.4. The average Bonchev–Trinajstić information content (AvgIpc) is 3.29. The molecule has 2 aromatic heterocycles. The molecule has 0 N–H and O–H groups in total. The molecular weight excluding hydrogens is 318 g/mol. The second-order valence-electron chi connectivity index (χ2n) is 6.07. The third-order valence-electron chi connectivity index (χ3n) is 4.47. The van der Waals surface area contributed by atoms with E-state index in [0.29, 0.717) is 12.8 Å². The standard InChI is InChI=1S/C20H19NO2S/c22-20(21-12-10-19-16(14-21)11-13-24-19)9-7-17-6-8-18(23-17)15-4-2-1-3-5-15/h1-6,8,11,13H,7,9-10,12,14H2. The number of hydrogen-bond donors (Lipinski definition) is 0.